The molecule has 0 aliphatic heterocycles. The fourth-order valence-corrected chi connectivity index (χ4v) is 3.54. The molecule has 2 aromatic carbocycles. The van der Waals surface area contributed by atoms with Gasteiger partial charge in [0.1, 0.15) is 5.82 Å². The van der Waals surface area contributed by atoms with E-state index in [9.17, 15) is 0 Å². The molecule has 0 spiro atoms. The molecular weight excluding hydrogens is 367 g/mol. The van der Waals surface area contributed by atoms with Crippen LogP contribution in [0.25, 0.3) is 5.69 Å². The van der Waals surface area contributed by atoms with E-state index < -0.39 is 0 Å². The van der Waals surface area contributed by atoms with Gasteiger partial charge in [-0.05, 0) is 50.3 Å². The summed E-state index contributed by atoms with van der Waals surface area (Å²) in [5.41, 5.74) is 10.4. The van der Waals surface area contributed by atoms with Crippen LogP contribution in [0.3, 0.4) is 0 Å². The minimum Gasteiger partial charge on any atom is -0.320 e. The van der Waals surface area contributed by atoms with Gasteiger partial charge in [0.15, 0.2) is 0 Å². The minimum atomic E-state index is -0.370. The van der Waals surface area contributed by atoms with Crippen LogP contribution in [-0.2, 0) is 6.54 Å². The molecule has 0 saturated carbocycles. The maximum absolute atomic E-state index is 6.60. The molecule has 4 nitrogen and oxygen atoms in total. The zero-order valence-corrected chi connectivity index (χ0v) is 16.6. The smallest absolute Gasteiger partial charge is 0.110 e. The van der Waals surface area contributed by atoms with E-state index in [1.165, 1.54) is 0 Å². The monoisotopic (exact) mass is 388 g/mol. The van der Waals surface area contributed by atoms with Gasteiger partial charge < -0.3 is 10.6 Å². The predicted octanol–water partition coefficient (Wildman–Crippen LogP) is 4.60. The standard InChI is InChI=1S/C20H22Cl2N4/c1-13-24-11-15(12-25(2)3)26(13)19-10-14(21)8-9-17(19)20(23)16-6-4-5-7-18(16)22/h4-11,20H,12,23H2,1-3H3. The first-order chi connectivity index (χ1) is 12.4. The van der Waals surface area contributed by atoms with Crippen LogP contribution in [0.2, 0.25) is 10.0 Å². The molecule has 3 rings (SSSR count). The van der Waals surface area contributed by atoms with Gasteiger partial charge in [0, 0.05) is 16.6 Å². The number of benzene rings is 2. The minimum absolute atomic E-state index is 0.370. The van der Waals surface area contributed by atoms with Gasteiger partial charge >= 0.3 is 0 Å². The summed E-state index contributed by atoms with van der Waals surface area (Å²) in [6, 6.07) is 13.0. The lowest BCUT2D eigenvalue weighted by Crippen LogP contribution is -2.18. The van der Waals surface area contributed by atoms with Gasteiger partial charge in [-0.15, -0.1) is 0 Å². The molecule has 1 unspecified atom stereocenters. The normalized spacial score (nSPS) is 12.6. The molecule has 0 saturated heterocycles. The van der Waals surface area contributed by atoms with E-state index in [2.05, 4.69) is 14.5 Å². The van der Waals surface area contributed by atoms with Gasteiger partial charge in [0.05, 0.1) is 23.6 Å². The highest BCUT2D eigenvalue weighted by Crippen LogP contribution is 2.32. The van der Waals surface area contributed by atoms with Crippen molar-refractivity contribution in [1.82, 2.24) is 14.5 Å². The Kier molecular flexibility index (Phi) is 5.68. The first-order valence-corrected chi connectivity index (χ1v) is 9.12. The van der Waals surface area contributed by atoms with Crippen molar-refractivity contribution < 1.29 is 0 Å². The SMILES string of the molecule is Cc1ncc(CN(C)C)n1-c1cc(Cl)ccc1C(N)c1ccccc1Cl. The van der Waals surface area contributed by atoms with Gasteiger partial charge in [-0.1, -0.05) is 47.5 Å². The molecule has 26 heavy (non-hydrogen) atoms. The molecule has 1 heterocycles. The quantitative estimate of drug-likeness (QED) is 0.694. The van der Waals surface area contributed by atoms with E-state index in [1.54, 1.807) is 0 Å². The first kappa shape index (κ1) is 18.9. The molecule has 1 aromatic heterocycles. The summed E-state index contributed by atoms with van der Waals surface area (Å²) in [7, 11) is 4.06. The maximum Gasteiger partial charge on any atom is 0.110 e. The van der Waals surface area contributed by atoms with E-state index in [-0.39, 0.29) is 6.04 Å². The van der Waals surface area contributed by atoms with Gasteiger partial charge in [-0.25, -0.2) is 4.98 Å². The Morgan fingerprint density at radius 3 is 2.54 bits per heavy atom. The average molecular weight is 389 g/mol. The number of nitrogens with two attached hydrogens (primary N) is 1. The summed E-state index contributed by atoms with van der Waals surface area (Å²) in [6.07, 6.45) is 1.89. The van der Waals surface area contributed by atoms with Crippen molar-refractivity contribution in [2.45, 2.75) is 19.5 Å². The van der Waals surface area contributed by atoms with Gasteiger partial charge in [0.25, 0.3) is 0 Å². The topological polar surface area (TPSA) is 47.1 Å². The average Bonchev–Trinajstić information content (AvgIpc) is 2.94. The van der Waals surface area contributed by atoms with Crippen molar-refractivity contribution >= 4 is 23.2 Å². The van der Waals surface area contributed by atoms with Crippen molar-refractivity contribution in [1.29, 1.82) is 0 Å². The largest absolute Gasteiger partial charge is 0.320 e. The Labute approximate surface area is 164 Å². The summed E-state index contributed by atoms with van der Waals surface area (Å²) >= 11 is 12.7. The van der Waals surface area contributed by atoms with Crippen LogP contribution in [0.5, 0.6) is 0 Å². The molecule has 6 heteroatoms. The maximum atomic E-state index is 6.60. The highest BCUT2D eigenvalue weighted by atomic mass is 35.5. The number of nitrogens with zero attached hydrogens (tertiary/aromatic N) is 3. The van der Waals surface area contributed by atoms with Crippen LogP contribution in [-0.4, -0.2) is 28.5 Å². The summed E-state index contributed by atoms with van der Waals surface area (Å²) < 4.78 is 2.11. The summed E-state index contributed by atoms with van der Waals surface area (Å²) in [4.78, 5) is 6.60. The van der Waals surface area contributed by atoms with E-state index in [0.29, 0.717) is 10.0 Å². The van der Waals surface area contributed by atoms with Crippen LogP contribution in [0.15, 0.2) is 48.7 Å². The number of halogens is 2. The highest BCUT2D eigenvalue weighted by molar-refractivity contribution is 6.31. The molecule has 0 amide bonds. The lowest BCUT2D eigenvalue weighted by atomic mass is 9.97. The Hall–Kier alpha value is -1.85. The highest BCUT2D eigenvalue weighted by Gasteiger charge is 2.20. The van der Waals surface area contributed by atoms with Gasteiger partial charge in [-0.3, -0.25) is 4.57 Å². The van der Waals surface area contributed by atoms with E-state index in [0.717, 1.165) is 34.9 Å². The van der Waals surface area contributed by atoms with Crippen molar-refractivity contribution in [2.75, 3.05) is 14.1 Å². The lowest BCUT2D eigenvalue weighted by molar-refractivity contribution is 0.393. The third-order valence-electron chi connectivity index (χ3n) is 4.30. The Balaban J connectivity index is 2.17. The van der Waals surface area contributed by atoms with E-state index >= 15 is 0 Å². The molecule has 3 aromatic rings. The Morgan fingerprint density at radius 2 is 1.85 bits per heavy atom. The van der Waals surface area contributed by atoms with Crippen LogP contribution >= 0.6 is 23.2 Å². The molecular formula is C20H22Cl2N4. The number of hydrogen-bond acceptors (Lipinski definition) is 3. The van der Waals surface area contributed by atoms with Crippen molar-refractivity contribution in [3.05, 3.63) is 81.4 Å². The number of rotatable bonds is 5. The fraction of sp³-hybridized carbons (Fsp3) is 0.250. The van der Waals surface area contributed by atoms with Gasteiger partial charge in [0.2, 0.25) is 0 Å². The predicted molar refractivity (Wildman–Crippen MR) is 108 cm³/mol. The molecule has 136 valence electrons. The number of aromatic nitrogens is 2. The molecule has 0 aliphatic carbocycles. The fourth-order valence-electron chi connectivity index (χ4n) is 3.12. The Morgan fingerprint density at radius 1 is 1.12 bits per heavy atom. The second-order valence-corrected chi connectivity index (χ2v) is 7.42. The molecule has 0 aliphatic rings. The zero-order valence-electron chi connectivity index (χ0n) is 15.1. The molecule has 0 bridgehead atoms. The summed E-state index contributed by atoms with van der Waals surface area (Å²) in [5.74, 6) is 0.886. The van der Waals surface area contributed by atoms with Crippen LogP contribution in [0.1, 0.15) is 28.7 Å². The van der Waals surface area contributed by atoms with Crippen molar-refractivity contribution in [2.24, 2.45) is 5.73 Å². The van der Waals surface area contributed by atoms with Crippen molar-refractivity contribution in [3.8, 4) is 5.69 Å². The molecule has 1 atom stereocenters. The molecule has 0 radical (unpaired) electrons. The van der Waals surface area contributed by atoms with Gasteiger partial charge in [-0.2, -0.15) is 0 Å². The second kappa shape index (κ2) is 7.80. The second-order valence-electron chi connectivity index (χ2n) is 6.57. The first-order valence-electron chi connectivity index (χ1n) is 8.36. The van der Waals surface area contributed by atoms with E-state index in [4.69, 9.17) is 28.9 Å². The molecule has 2 N–H and O–H groups in total. The number of imidazole rings is 1. The van der Waals surface area contributed by atoms with Crippen LogP contribution < -0.4 is 5.73 Å². The summed E-state index contributed by atoms with van der Waals surface area (Å²) in [5, 5.41) is 1.30. The van der Waals surface area contributed by atoms with Crippen molar-refractivity contribution in [3.63, 3.8) is 0 Å². The third-order valence-corrected chi connectivity index (χ3v) is 4.88. The van der Waals surface area contributed by atoms with E-state index in [1.807, 2.05) is 69.7 Å². The van der Waals surface area contributed by atoms with Crippen LogP contribution in [0, 0.1) is 6.92 Å². The Bertz CT molecular complexity index is 918. The zero-order chi connectivity index (χ0) is 18.8. The van der Waals surface area contributed by atoms with Crippen LogP contribution in [0.4, 0.5) is 0 Å². The lowest BCUT2D eigenvalue weighted by Gasteiger charge is -2.22. The molecule has 0 fully saturated rings. The number of aryl methyl sites for hydroxylation is 1. The number of hydrogen-bond donors (Lipinski definition) is 1. The third kappa shape index (κ3) is 3.79. The summed E-state index contributed by atoms with van der Waals surface area (Å²) in [6.45, 7) is 2.74.